The van der Waals surface area contributed by atoms with Gasteiger partial charge in [-0.25, -0.2) is 0 Å². The number of nitrogens with one attached hydrogen (secondary N) is 1. The average Bonchev–Trinajstić information content (AvgIpc) is 2.83. The summed E-state index contributed by atoms with van der Waals surface area (Å²) in [5.74, 6) is 0.819. The molecule has 1 saturated carbocycles. The predicted octanol–water partition coefficient (Wildman–Crippen LogP) is 3.67. The highest BCUT2D eigenvalue weighted by Gasteiger charge is 2.37. The minimum atomic E-state index is 0.714. The molecule has 0 aromatic carbocycles. The van der Waals surface area contributed by atoms with Crippen molar-refractivity contribution in [2.24, 2.45) is 11.3 Å². The molecule has 1 atom stereocenters. The molecule has 2 aliphatic rings. The van der Waals surface area contributed by atoms with Gasteiger partial charge in [-0.2, -0.15) is 0 Å². The van der Waals surface area contributed by atoms with Gasteiger partial charge in [0.1, 0.15) is 0 Å². The van der Waals surface area contributed by atoms with Gasteiger partial charge in [-0.05, 0) is 70.0 Å². The normalized spacial score (nSPS) is 25.3. The molecule has 0 aromatic heterocycles. The van der Waals surface area contributed by atoms with Crippen molar-refractivity contribution in [2.75, 3.05) is 26.2 Å². The SMILES string of the molecule is CC(C)CCNCC(C)N1CCC2(CCCC2)CC1. The molecule has 1 spiro atoms. The van der Waals surface area contributed by atoms with Gasteiger partial charge >= 0.3 is 0 Å². The molecule has 0 radical (unpaired) electrons. The second-order valence-electron chi connectivity index (χ2n) is 7.48. The Kier molecular flexibility index (Phi) is 5.70. The highest BCUT2D eigenvalue weighted by molar-refractivity contribution is 4.90. The molecule has 1 unspecified atom stereocenters. The minimum Gasteiger partial charge on any atom is -0.315 e. The number of rotatable bonds is 6. The van der Waals surface area contributed by atoms with Gasteiger partial charge in [0.15, 0.2) is 0 Å². The summed E-state index contributed by atoms with van der Waals surface area (Å²) in [6, 6.07) is 0.714. The molecule has 0 amide bonds. The van der Waals surface area contributed by atoms with Gasteiger partial charge < -0.3 is 5.32 Å². The first-order valence-electron chi connectivity index (χ1n) is 8.56. The van der Waals surface area contributed by atoms with E-state index in [4.69, 9.17) is 0 Å². The first-order chi connectivity index (χ1) is 9.11. The zero-order chi connectivity index (χ0) is 13.7. The molecule has 1 heterocycles. The monoisotopic (exact) mass is 266 g/mol. The summed E-state index contributed by atoms with van der Waals surface area (Å²) in [7, 11) is 0. The molecule has 2 rings (SSSR count). The molecule has 2 nitrogen and oxygen atoms in total. The van der Waals surface area contributed by atoms with E-state index in [0.717, 1.165) is 11.3 Å². The standard InChI is InChI=1S/C17H34N2/c1-15(2)6-11-18-14-16(3)19-12-9-17(10-13-19)7-4-5-8-17/h15-16,18H,4-14H2,1-3H3. The van der Waals surface area contributed by atoms with E-state index in [0.29, 0.717) is 6.04 Å². The smallest absolute Gasteiger partial charge is 0.0192 e. The highest BCUT2D eigenvalue weighted by atomic mass is 15.2. The summed E-state index contributed by atoms with van der Waals surface area (Å²) in [6.07, 6.45) is 10.2. The maximum atomic E-state index is 3.63. The lowest BCUT2D eigenvalue weighted by atomic mass is 9.77. The van der Waals surface area contributed by atoms with E-state index in [2.05, 4.69) is 31.0 Å². The topological polar surface area (TPSA) is 15.3 Å². The second kappa shape index (κ2) is 7.08. The van der Waals surface area contributed by atoms with Crippen LogP contribution in [-0.2, 0) is 0 Å². The Morgan fingerprint density at radius 3 is 2.21 bits per heavy atom. The van der Waals surface area contributed by atoms with Gasteiger partial charge in [-0.15, -0.1) is 0 Å². The van der Waals surface area contributed by atoms with Gasteiger partial charge in [0.05, 0.1) is 0 Å². The third-order valence-electron chi connectivity index (χ3n) is 5.48. The quantitative estimate of drug-likeness (QED) is 0.738. The first kappa shape index (κ1) is 15.3. The molecule has 1 saturated heterocycles. The maximum absolute atomic E-state index is 3.63. The fourth-order valence-electron chi connectivity index (χ4n) is 3.89. The van der Waals surface area contributed by atoms with Gasteiger partial charge in [0.2, 0.25) is 0 Å². The molecule has 112 valence electrons. The Labute approximate surface area is 120 Å². The number of likely N-dealkylation sites (tertiary alicyclic amines) is 1. The Hall–Kier alpha value is -0.0800. The summed E-state index contributed by atoms with van der Waals surface area (Å²) in [6.45, 7) is 12.0. The molecular formula is C17H34N2. The van der Waals surface area contributed by atoms with E-state index in [-0.39, 0.29) is 0 Å². The van der Waals surface area contributed by atoms with Crippen LogP contribution in [0, 0.1) is 11.3 Å². The van der Waals surface area contributed by atoms with E-state index in [1.807, 2.05) is 0 Å². The molecule has 2 fully saturated rings. The lowest BCUT2D eigenvalue weighted by Gasteiger charge is -2.42. The molecule has 1 aliphatic carbocycles. The summed E-state index contributed by atoms with van der Waals surface area (Å²) < 4.78 is 0. The lowest BCUT2D eigenvalue weighted by molar-refractivity contribution is 0.0811. The lowest BCUT2D eigenvalue weighted by Crippen LogP contribution is -2.47. The highest BCUT2D eigenvalue weighted by Crippen LogP contribution is 2.46. The Balaban J connectivity index is 1.63. The number of hydrogen-bond acceptors (Lipinski definition) is 2. The molecule has 19 heavy (non-hydrogen) atoms. The van der Waals surface area contributed by atoms with Crippen molar-refractivity contribution in [1.82, 2.24) is 10.2 Å². The van der Waals surface area contributed by atoms with Crippen molar-refractivity contribution < 1.29 is 0 Å². The van der Waals surface area contributed by atoms with E-state index in [1.165, 1.54) is 71.1 Å². The Morgan fingerprint density at radius 1 is 1.00 bits per heavy atom. The van der Waals surface area contributed by atoms with Gasteiger partial charge in [-0.1, -0.05) is 26.7 Å². The summed E-state index contributed by atoms with van der Waals surface area (Å²) in [5, 5.41) is 3.63. The van der Waals surface area contributed by atoms with Crippen LogP contribution in [0.15, 0.2) is 0 Å². The average molecular weight is 266 g/mol. The zero-order valence-corrected chi connectivity index (χ0v) is 13.4. The number of nitrogens with zero attached hydrogens (tertiary/aromatic N) is 1. The summed E-state index contributed by atoms with van der Waals surface area (Å²) in [5.41, 5.74) is 0.765. The third kappa shape index (κ3) is 4.46. The molecule has 2 heteroatoms. The maximum Gasteiger partial charge on any atom is 0.0192 e. The predicted molar refractivity (Wildman–Crippen MR) is 83.5 cm³/mol. The van der Waals surface area contributed by atoms with Crippen LogP contribution in [0.4, 0.5) is 0 Å². The third-order valence-corrected chi connectivity index (χ3v) is 5.48. The van der Waals surface area contributed by atoms with Gasteiger partial charge in [0, 0.05) is 12.6 Å². The van der Waals surface area contributed by atoms with Gasteiger partial charge in [0.25, 0.3) is 0 Å². The summed E-state index contributed by atoms with van der Waals surface area (Å²) in [4.78, 5) is 2.71. The van der Waals surface area contributed by atoms with E-state index in [1.54, 1.807) is 0 Å². The number of hydrogen-bond donors (Lipinski definition) is 1. The van der Waals surface area contributed by atoms with Crippen molar-refractivity contribution in [3.05, 3.63) is 0 Å². The molecule has 0 bridgehead atoms. The van der Waals surface area contributed by atoms with Crippen molar-refractivity contribution in [2.45, 2.75) is 71.8 Å². The van der Waals surface area contributed by atoms with Crippen LogP contribution in [-0.4, -0.2) is 37.1 Å². The van der Waals surface area contributed by atoms with Crippen LogP contribution >= 0.6 is 0 Å². The molecule has 0 aromatic rings. The van der Waals surface area contributed by atoms with E-state index in [9.17, 15) is 0 Å². The molecule has 1 N–H and O–H groups in total. The number of piperidine rings is 1. The van der Waals surface area contributed by atoms with Crippen LogP contribution in [0.1, 0.15) is 65.7 Å². The van der Waals surface area contributed by atoms with Crippen molar-refractivity contribution >= 4 is 0 Å². The Morgan fingerprint density at radius 2 is 1.63 bits per heavy atom. The van der Waals surface area contributed by atoms with Crippen LogP contribution in [0.2, 0.25) is 0 Å². The largest absolute Gasteiger partial charge is 0.315 e. The molecular weight excluding hydrogens is 232 g/mol. The summed E-state index contributed by atoms with van der Waals surface area (Å²) >= 11 is 0. The van der Waals surface area contributed by atoms with Crippen LogP contribution < -0.4 is 5.32 Å². The van der Waals surface area contributed by atoms with Crippen LogP contribution in [0.25, 0.3) is 0 Å². The Bertz CT molecular complexity index is 246. The fraction of sp³-hybridized carbons (Fsp3) is 1.00. The molecule has 1 aliphatic heterocycles. The van der Waals surface area contributed by atoms with Gasteiger partial charge in [-0.3, -0.25) is 4.90 Å². The van der Waals surface area contributed by atoms with Crippen molar-refractivity contribution in [3.8, 4) is 0 Å². The van der Waals surface area contributed by atoms with E-state index < -0.39 is 0 Å². The fourth-order valence-corrected chi connectivity index (χ4v) is 3.89. The van der Waals surface area contributed by atoms with E-state index >= 15 is 0 Å². The zero-order valence-electron chi connectivity index (χ0n) is 13.4. The van der Waals surface area contributed by atoms with Crippen molar-refractivity contribution in [3.63, 3.8) is 0 Å². The first-order valence-corrected chi connectivity index (χ1v) is 8.56. The van der Waals surface area contributed by atoms with Crippen LogP contribution in [0.3, 0.4) is 0 Å². The van der Waals surface area contributed by atoms with Crippen molar-refractivity contribution in [1.29, 1.82) is 0 Å². The van der Waals surface area contributed by atoms with Crippen LogP contribution in [0.5, 0.6) is 0 Å². The second-order valence-corrected chi connectivity index (χ2v) is 7.48. The minimum absolute atomic E-state index is 0.714.